The van der Waals surface area contributed by atoms with Crippen LogP contribution in [0.25, 0.3) is 0 Å². The van der Waals surface area contributed by atoms with Gasteiger partial charge >= 0.3 is 23.9 Å². The molecule has 2 saturated heterocycles. The van der Waals surface area contributed by atoms with Gasteiger partial charge in [-0.3, -0.25) is 19.2 Å². The summed E-state index contributed by atoms with van der Waals surface area (Å²) in [7, 11) is 0. The van der Waals surface area contributed by atoms with Crippen molar-refractivity contribution in [3.05, 3.63) is 48.5 Å². The monoisotopic (exact) mass is 430 g/mol. The third kappa shape index (κ3) is 4.80. The first-order chi connectivity index (χ1) is 14.0. The highest BCUT2D eigenvalue weighted by Gasteiger charge is 2.35. The average Bonchev–Trinajstić information content (AvgIpc) is 3.18. The average molecular weight is 430 g/mol. The van der Waals surface area contributed by atoms with Gasteiger partial charge in [0.1, 0.15) is 22.0 Å². The van der Waals surface area contributed by atoms with Gasteiger partial charge in [-0.2, -0.15) is 0 Å². The van der Waals surface area contributed by atoms with Crippen LogP contribution in [0.4, 0.5) is 0 Å². The quantitative estimate of drug-likeness (QED) is 0.505. The van der Waals surface area contributed by atoms with Crippen molar-refractivity contribution in [3.63, 3.8) is 0 Å². The van der Waals surface area contributed by atoms with E-state index in [1.807, 2.05) is 24.3 Å². The lowest BCUT2D eigenvalue weighted by Gasteiger charge is -2.09. The Kier molecular flexibility index (Phi) is 5.59. The molecule has 0 radical (unpaired) electrons. The number of hydrogen-bond donors (Lipinski definition) is 0. The van der Waals surface area contributed by atoms with Gasteiger partial charge in [-0.1, -0.05) is 0 Å². The molecular weight excluding hydrogens is 416 g/mol. The number of thioether (sulfide) groups is 2. The van der Waals surface area contributed by atoms with Crippen molar-refractivity contribution in [1.82, 2.24) is 0 Å². The van der Waals surface area contributed by atoms with Crippen molar-refractivity contribution >= 4 is 47.4 Å². The van der Waals surface area contributed by atoms with Crippen LogP contribution >= 0.6 is 23.5 Å². The smallest absolute Gasteiger partial charge is 0.327 e. The number of rotatable bonds is 6. The van der Waals surface area contributed by atoms with Gasteiger partial charge in [-0.05, 0) is 48.5 Å². The van der Waals surface area contributed by atoms with E-state index in [9.17, 15) is 19.2 Å². The van der Waals surface area contributed by atoms with E-state index in [4.69, 9.17) is 4.74 Å². The normalized spacial score (nSPS) is 21.2. The van der Waals surface area contributed by atoms with Crippen molar-refractivity contribution in [2.45, 2.75) is 33.1 Å². The zero-order valence-corrected chi connectivity index (χ0v) is 16.5. The van der Waals surface area contributed by atoms with E-state index in [0.29, 0.717) is 11.5 Å². The Hall–Kier alpha value is -2.78. The van der Waals surface area contributed by atoms with Crippen LogP contribution in [-0.4, -0.2) is 34.4 Å². The molecular formula is C20H14O7S2. The molecule has 2 aromatic carbocycles. The van der Waals surface area contributed by atoms with E-state index in [0.717, 1.165) is 9.79 Å². The standard InChI is InChI=1S/C20H14O7S2/c21-17-9-15(19(23)26-17)28-13-5-1-11(2-6-13)25-12-3-7-14(8-4-12)29-16-10-18(22)27-20(16)24/h1-8,15-16H,9-10H2. The maximum absolute atomic E-state index is 11.5. The lowest BCUT2D eigenvalue weighted by atomic mass is 10.3. The molecule has 2 aliphatic heterocycles. The van der Waals surface area contributed by atoms with E-state index in [2.05, 4.69) is 9.47 Å². The predicted molar refractivity (Wildman–Crippen MR) is 104 cm³/mol. The van der Waals surface area contributed by atoms with Crippen molar-refractivity contribution in [2.75, 3.05) is 0 Å². The molecule has 148 valence electrons. The van der Waals surface area contributed by atoms with Crippen LogP contribution in [0.2, 0.25) is 0 Å². The Morgan fingerprint density at radius 2 is 1.03 bits per heavy atom. The lowest BCUT2D eigenvalue weighted by molar-refractivity contribution is -0.153. The molecule has 7 nitrogen and oxygen atoms in total. The topological polar surface area (TPSA) is 96.0 Å². The number of hydrogen-bond acceptors (Lipinski definition) is 9. The van der Waals surface area contributed by atoms with Gasteiger partial charge in [0.25, 0.3) is 0 Å². The fourth-order valence-electron chi connectivity index (χ4n) is 2.73. The van der Waals surface area contributed by atoms with Crippen molar-refractivity contribution in [3.8, 4) is 11.5 Å². The van der Waals surface area contributed by atoms with E-state index in [-0.39, 0.29) is 12.8 Å². The van der Waals surface area contributed by atoms with Crippen LogP contribution in [0, 0.1) is 0 Å². The number of cyclic esters (lactones) is 4. The summed E-state index contributed by atoms with van der Waals surface area (Å²) in [5.41, 5.74) is 0. The van der Waals surface area contributed by atoms with Gasteiger partial charge in [0.2, 0.25) is 0 Å². The summed E-state index contributed by atoms with van der Waals surface area (Å²) in [6, 6.07) is 14.3. The number of carbonyl (C=O) groups excluding carboxylic acids is 4. The minimum atomic E-state index is -0.508. The molecule has 9 heteroatoms. The fourth-order valence-corrected chi connectivity index (χ4v) is 4.70. The minimum absolute atomic E-state index is 0.0822. The van der Waals surface area contributed by atoms with Crippen LogP contribution in [0.1, 0.15) is 12.8 Å². The maximum Gasteiger partial charge on any atom is 0.327 e. The third-order valence-corrected chi connectivity index (χ3v) is 6.47. The van der Waals surface area contributed by atoms with Crippen molar-refractivity contribution in [1.29, 1.82) is 0 Å². The molecule has 0 aromatic heterocycles. The molecule has 2 fully saturated rings. The van der Waals surface area contributed by atoms with Crippen LogP contribution in [-0.2, 0) is 28.7 Å². The summed E-state index contributed by atoms with van der Waals surface area (Å²) in [6.45, 7) is 0. The largest absolute Gasteiger partial charge is 0.457 e. The molecule has 2 aliphatic rings. The lowest BCUT2D eigenvalue weighted by Crippen LogP contribution is -2.09. The van der Waals surface area contributed by atoms with Crippen molar-refractivity contribution < 1.29 is 33.4 Å². The molecule has 0 bridgehead atoms. The predicted octanol–water partition coefficient (Wildman–Crippen LogP) is 3.35. The van der Waals surface area contributed by atoms with Gasteiger partial charge in [0.05, 0.1) is 12.8 Å². The fraction of sp³-hybridized carbons (Fsp3) is 0.200. The molecule has 0 N–H and O–H groups in total. The van der Waals surface area contributed by atoms with E-state index in [1.165, 1.54) is 23.5 Å². The molecule has 4 rings (SSSR count). The second kappa shape index (κ2) is 8.30. The number of ether oxygens (including phenoxy) is 3. The van der Waals surface area contributed by atoms with Crippen molar-refractivity contribution in [2.24, 2.45) is 0 Å². The van der Waals surface area contributed by atoms with Gasteiger partial charge in [0.15, 0.2) is 0 Å². The summed E-state index contributed by atoms with van der Waals surface area (Å²) in [4.78, 5) is 47.0. The van der Waals surface area contributed by atoms with Crippen LogP contribution in [0.15, 0.2) is 58.3 Å². The first kappa shape index (κ1) is 19.5. The highest BCUT2D eigenvalue weighted by Crippen LogP contribution is 2.34. The van der Waals surface area contributed by atoms with E-state index in [1.54, 1.807) is 24.3 Å². The molecule has 29 heavy (non-hydrogen) atoms. The van der Waals surface area contributed by atoms with Crippen LogP contribution in [0.3, 0.4) is 0 Å². The van der Waals surface area contributed by atoms with E-state index >= 15 is 0 Å². The van der Waals surface area contributed by atoms with Gasteiger partial charge in [-0.15, -0.1) is 23.5 Å². The second-order valence-electron chi connectivity index (χ2n) is 6.25. The number of esters is 4. The third-order valence-electron chi connectivity index (χ3n) is 4.10. The summed E-state index contributed by atoms with van der Waals surface area (Å²) in [5, 5.41) is -1.02. The summed E-state index contributed by atoms with van der Waals surface area (Å²) >= 11 is 2.56. The second-order valence-corrected chi connectivity index (χ2v) is 8.80. The summed E-state index contributed by atoms with van der Waals surface area (Å²) < 4.78 is 14.9. The molecule has 2 unspecified atom stereocenters. The molecule has 0 amide bonds. The van der Waals surface area contributed by atoms with Crippen LogP contribution < -0.4 is 4.74 Å². The highest BCUT2D eigenvalue weighted by molar-refractivity contribution is 8.01. The molecule has 2 atom stereocenters. The van der Waals surface area contributed by atoms with Gasteiger partial charge in [-0.25, -0.2) is 0 Å². The SMILES string of the molecule is O=C1CC(Sc2ccc(Oc3ccc(SC4CC(=O)OC4=O)cc3)cc2)C(=O)O1. The Morgan fingerprint density at radius 1 is 0.655 bits per heavy atom. The Bertz CT molecular complexity index is 890. The van der Waals surface area contributed by atoms with Crippen LogP contribution in [0.5, 0.6) is 11.5 Å². The highest BCUT2D eigenvalue weighted by atomic mass is 32.2. The Morgan fingerprint density at radius 3 is 1.34 bits per heavy atom. The zero-order chi connectivity index (χ0) is 20.4. The molecule has 0 saturated carbocycles. The van der Waals surface area contributed by atoms with Gasteiger partial charge < -0.3 is 14.2 Å². The maximum atomic E-state index is 11.5. The summed E-state index contributed by atoms with van der Waals surface area (Å²) in [6.07, 6.45) is 0.164. The molecule has 0 aliphatic carbocycles. The Labute approximate surface area is 174 Å². The summed E-state index contributed by atoms with van der Waals surface area (Å²) in [5.74, 6) is -0.771. The first-order valence-electron chi connectivity index (χ1n) is 8.66. The molecule has 2 heterocycles. The number of carbonyl (C=O) groups is 4. The molecule has 0 spiro atoms. The minimum Gasteiger partial charge on any atom is -0.457 e. The first-order valence-corrected chi connectivity index (χ1v) is 10.4. The molecule has 2 aromatic rings. The Balaban J connectivity index is 1.33. The zero-order valence-electron chi connectivity index (χ0n) is 14.9. The van der Waals surface area contributed by atoms with E-state index < -0.39 is 34.4 Å². The van der Waals surface area contributed by atoms with Gasteiger partial charge in [0, 0.05) is 9.79 Å². The number of benzene rings is 2.